The molecule has 0 aliphatic carbocycles. The first kappa shape index (κ1) is 18.3. The lowest BCUT2D eigenvalue weighted by molar-refractivity contribution is 0.0472. The molecule has 0 aliphatic heterocycles. The van der Waals surface area contributed by atoms with Crippen molar-refractivity contribution in [3.63, 3.8) is 0 Å². The van der Waals surface area contributed by atoms with Crippen LogP contribution in [0.15, 0.2) is 74.3 Å². The molecular weight excluding hydrogens is 424 g/mol. The summed E-state index contributed by atoms with van der Waals surface area (Å²) in [6, 6.07) is 17.8. The van der Waals surface area contributed by atoms with Crippen molar-refractivity contribution < 1.29 is 18.7 Å². The third-order valence-corrected chi connectivity index (χ3v) is 5.16. The fourth-order valence-corrected chi connectivity index (χ4v) is 3.55. The Morgan fingerprint density at radius 3 is 2.71 bits per heavy atom. The van der Waals surface area contributed by atoms with Crippen molar-refractivity contribution in [2.75, 3.05) is 7.11 Å². The number of carbonyl (C=O) groups is 1. The second kappa shape index (κ2) is 7.48. The fraction of sp³-hybridized carbons (Fsp3) is 0.0909. The Bertz CT molecular complexity index is 1260. The van der Waals surface area contributed by atoms with Crippen LogP contribution < -0.4 is 10.4 Å². The van der Waals surface area contributed by atoms with E-state index in [0.29, 0.717) is 26.9 Å². The van der Waals surface area contributed by atoms with Crippen LogP contribution in [-0.4, -0.2) is 13.1 Å². The Balaban J connectivity index is 1.73. The zero-order valence-electron chi connectivity index (χ0n) is 14.9. The summed E-state index contributed by atoms with van der Waals surface area (Å²) >= 11 is 3.35. The molecule has 0 fully saturated rings. The van der Waals surface area contributed by atoms with E-state index in [2.05, 4.69) is 15.9 Å². The number of ether oxygens (including phenoxy) is 2. The van der Waals surface area contributed by atoms with E-state index in [0.717, 1.165) is 16.2 Å². The molecule has 3 aromatic carbocycles. The molecule has 0 unspecified atom stereocenters. The highest BCUT2D eigenvalue weighted by molar-refractivity contribution is 9.10. The summed E-state index contributed by atoms with van der Waals surface area (Å²) < 4.78 is 16.6. The van der Waals surface area contributed by atoms with Crippen LogP contribution in [0.2, 0.25) is 0 Å². The largest absolute Gasteiger partial charge is 0.497 e. The first-order valence-corrected chi connectivity index (χ1v) is 9.31. The van der Waals surface area contributed by atoms with Crippen molar-refractivity contribution in [1.82, 2.24) is 0 Å². The van der Waals surface area contributed by atoms with Gasteiger partial charge in [0.1, 0.15) is 17.9 Å². The van der Waals surface area contributed by atoms with Crippen molar-refractivity contribution in [2.24, 2.45) is 0 Å². The molecular formula is C22H15BrO5. The van der Waals surface area contributed by atoms with Crippen LogP contribution in [0.1, 0.15) is 15.9 Å². The van der Waals surface area contributed by atoms with E-state index >= 15 is 0 Å². The molecule has 0 atom stereocenters. The molecule has 5 nitrogen and oxygen atoms in total. The van der Waals surface area contributed by atoms with Gasteiger partial charge in [-0.05, 0) is 51.0 Å². The maximum Gasteiger partial charge on any atom is 0.339 e. The monoisotopic (exact) mass is 438 g/mol. The lowest BCUT2D eigenvalue weighted by Crippen LogP contribution is -2.09. The van der Waals surface area contributed by atoms with Gasteiger partial charge in [-0.1, -0.05) is 30.3 Å². The van der Waals surface area contributed by atoms with Gasteiger partial charge in [-0.2, -0.15) is 0 Å². The Hall–Kier alpha value is -3.12. The number of halogens is 1. The summed E-state index contributed by atoms with van der Waals surface area (Å²) in [6.07, 6.45) is 0. The Kier molecular flexibility index (Phi) is 4.88. The number of hydrogen-bond donors (Lipinski definition) is 0. The summed E-state index contributed by atoms with van der Waals surface area (Å²) in [4.78, 5) is 24.5. The minimum atomic E-state index is -0.521. The number of hydrogen-bond acceptors (Lipinski definition) is 5. The summed E-state index contributed by atoms with van der Waals surface area (Å²) in [5.41, 5.74) is 0.906. The van der Waals surface area contributed by atoms with E-state index in [-0.39, 0.29) is 6.61 Å². The van der Waals surface area contributed by atoms with E-state index < -0.39 is 11.6 Å². The molecule has 140 valence electrons. The van der Waals surface area contributed by atoms with E-state index in [1.165, 1.54) is 13.2 Å². The Morgan fingerprint density at radius 2 is 1.89 bits per heavy atom. The first-order valence-electron chi connectivity index (χ1n) is 8.52. The van der Waals surface area contributed by atoms with Crippen molar-refractivity contribution in [3.05, 3.63) is 86.7 Å². The fourth-order valence-electron chi connectivity index (χ4n) is 3.14. The molecule has 6 heteroatoms. The number of fused-ring (bicyclic) bond motifs is 3. The zero-order valence-corrected chi connectivity index (χ0v) is 16.5. The maximum atomic E-state index is 12.6. The topological polar surface area (TPSA) is 65.7 Å². The average molecular weight is 439 g/mol. The van der Waals surface area contributed by atoms with Crippen LogP contribution in [0, 0.1) is 0 Å². The molecule has 0 saturated heterocycles. The summed E-state index contributed by atoms with van der Waals surface area (Å²) in [5.74, 6) is 0.0272. The van der Waals surface area contributed by atoms with E-state index in [1.807, 2.05) is 30.3 Å². The van der Waals surface area contributed by atoms with Crippen LogP contribution in [0.3, 0.4) is 0 Å². The number of rotatable bonds is 4. The molecule has 0 spiro atoms. The molecule has 0 N–H and O–H groups in total. The predicted octanol–water partition coefficient (Wildman–Crippen LogP) is 5.07. The summed E-state index contributed by atoms with van der Waals surface area (Å²) in [6.45, 7) is -0.0570. The summed E-state index contributed by atoms with van der Waals surface area (Å²) in [5, 5.41) is 2.69. The lowest BCUT2D eigenvalue weighted by Gasteiger charge is -2.11. The van der Waals surface area contributed by atoms with E-state index in [9.17, 15) is 9.59 Å². The Morgan fingerprint density at radius 1 is 1.07 bits per heavy atom. The quantitative estimate of drug-likeness (QED) is 0.252. The van der Waals surface area contributed by atoms with Gasteiger partial charge in [0.25, 0.3) is 0 Å². The van der Waals surface area contributed by atoms with Gasteiger partial charge >= 0.3 is 11.6 Å². The normalized spacial score (nSPS) is 10.9. The molecule has 0 amide bonds. The van der Waals surface area contributed by atoms with Gasteiger partial charge in [0.05, 0.1) is 12.7 Å². The van der Waals surface area contributed by atoms with Gasteiger partial charge in [-0.25, -0.2) is 9.59 Å². The molecule has 0 radical (unpaired) electrons. The van der Waals surface area contributed by atoms with Crippen LogP contribution in [0.25, 0.3) is 21.7 Å². The van der Waals surface area contributed by atoms with Gasteiger partial charge < -0.3 is 13.9 Å². The third-order valence-electron chi connectivity index (χ3n) is 4.47. The van der Waals surface area contributed by atoms with Crippen LogP contribution in [0.4, 0.5) is 0 Å². The van der Waals surface area contributed by atoms with Crippen molar-refractivity contribution in [2.45, 2.75) is 6.61 Å². The maximum absolute atomic E-state index is 12.6. The highest BCUT2D eigenvalue weighted by atomic mass is 79.9. The predicted molar refractivity (Wildman–Crippen MR) is 110 cm³/mol. The number of esters is 1. The second-order valence-corrected chi connectivity index (χ2v) is 7.03. The molecule has 28 heavy (non-hydrogen) atoms. The summed E-state index contributed by atoms with van der Waals surface area (Å²) in [7, 11) is 1.53. The number of methoxy groups -OCH3 is 1. The van der Waals surface area contributed by atoms with Crippen LogP contribution in [0.5, 0.6) is 5.75 Å². The molecule has 1 heterocycles. The van der Waals surface area contributed by atoms with Crippen LogP contribution in [-0.2, 0) is 11.3 Å². The van der Waals surface area contributed by atoms with Crippen molar-refractivity contribution in [1.29, 1.82) is 0 Å². The van der Waals surface area contributed by atoms with E-state index in [4.69, 9.17) is 13.9 Å². The lowest BCUT2D eigenvalue weighted by atomic mass is 10.0. The Labute approximate surface area is 168 Å². The highest BCUT2D eigenvalue weighted by Gasteiger charge is 2.15. The minimum Gasteiger partial charge on any atom is -0.497 e. The van der Waals surface area contributed by atoms with Crippen molar-refractivity contribution in [3.8, 4) is 5.75 Å². The zero-order chi connectivity index (χ0) is 19.7. The van der Waals surface area contributed by atoms with Gasteiger partial charge in [0, 0.05) is 21.5 Å². The third kappa shape index (κ3) is 3.39. The van der Waals surface area contributed by atoms with Crippen LogP contribution >= 0.6 is 15.9 Å². The molecule has 0 aliphatic rings. The smallest absolute Gasteiger partial charge is 0.339 e. The standard InChI is InChI=1S/C22H15BrO5/c1-26-15-7-8-18(23)17(11-15)22(25)27-12-14-10-20(24)28-19-9-6-13-4-2-3-5-16(13)21(14)19/h2-11H,12H2,1H3. The van der Waals surface area contributed by atoms with E-state index in [1.54, 1.807) is 24.3 Å². The molecule has 0 bridgehead atoms. The van der Waals surface area contributed by atoms with Gasteiger partial charge in [0.15, 0.2) is 0 Å². The number of benzene rings is 3. The molecule has 4 rings (SSSR count). The van der Waals surface area contributed by atoms with Gasteiger partial charge in [-0.15, -0.1) is 0 Å². The average Bonchev–Trinajstić information content (AvgIpc) is 2.71. The SMILES string of the molecule is COc1ccc(Br)c(C(=O)OCc2cc(=O)oc3ccc4ccccc4c23)c1. The van der Waals surface area contributed by atoms with Crippen molar-refractivity contribution >= 4 is 43.6 Å². The molecule has 0 saturated carbocycles. The minimum absolute atomic E-state index is 0.0570. The van der Waals surface area contributed by atoms with Gasteiger partial charge in [0.2, 0.25) is 0 Å². The molecule has 4 aromatic rings. The highest BCUT2D eigenvalue weighted by Crippen LogP contribution is 2.28. The van der Waals surface area contributed by atoms with Gasteiger partial charge in [-0.3, -0.25) is 0 Å². The first-order chi connectivity index (χ1) is 13.6. The number of carbonyl (C=O) groups excluding carboxylic acids is 1. The second-order valence-electron chi connectivity index (χ2n) is 6.17. The molecule has 1 aromatic heterocycles.